The number of carbonyl (C=O) groups is 4. The number of nitrogens with zero attached hydrogens (tertiary/aromatic N) is 1. The van der Waals surface area contributed by atoms with Gasteiger partial charge in [-0.2, -0.15) is 0 Å². The summed E-state index contributed by atoms with van der Waals surface area (Å²) < 4.78 is 4.92. The lowest BCUT2D eigenvalue weighted by Gasteiger charge is -2.35. The SMILES string of the molecule is COC(=O)C1(NC(=O)c2ccc3c(c2)C(=O)N(C2CC2)C3=O)CCCCC1. The van der Waals surface area contributed by atoms with Crippen LogP contribution in [-0.4, -0.2) is 47.3 Å². The molecule has 0 atom stereocenters. The highest BCUT2D eigenvalue weighted by atomic mass is 16.5. The molecule has 1 N–H and O–H groups in total. The van der Waals surface area contributed by atoms with E-state index < -0.39 is 17.4 Å². The molecule has 4 rings (SSSR count). The van der Waals surface area contributed by atoms with Crippen molar-refractivity contribution >= 4 is 23.7 Å². The Bertz CT molecular complexity index is 837. The van der Waals surface area contributed by atoms with Crippen LogP contribution < -0.4 is 5.32 Å². The number of esters is 1. The number of hydrogen-bond donors (Lipinski definition) is 1. The maximum atomic E-state index is 12.8. The third-order valence-electron chi connectivity index (χ3n) is 5.73. The number of nitrogens with one attached hydrogen (secondary N) is 1. The van der Waals surface area contributed by atoms with Gasteiger partial charge in [-0.25, -0.2) is 4.79 Å². The van der Waals surface area contributed by atoms with Crippen LogP contribution in [0.5, 0.6) is 0 Å². The van der Waals surface area contributed by atoms with Crippen LogP contribution >= 0.6 is 0 Å². The Morgan fingerprint density at radius 2 is 1.74 bits per heavy atom. The van der Waals surface area contributed by atoms with Crippen molar-refractivity contribution in [3.05, 3.63) is 34.9 Å². The topological polar surface area (TPSA) is 92.8 Å². The quantitative estimate of drug-likeness (QED) is 0.647. The molecule has 2 fully saturated rings. The van der Waals surface area contributed by atoms with Crippen LogP contribution in [0.25, 0.3) is 0 Å². The molecule has 0 aromatic heterocycles. The van der Waals surface area contributed by atoms with Crippen molar-refractivity contribution in [2.75, 3.05) is 7.11 Å². The number of amides is 3. The van der Waals surface area contributed by atoms with Gasteiger partial charge in [0.15, 0.2) is 0 Å². The van der Waals surface area contributed by atoms with Crippen molar-refractivity contribution in [1.82, 2.24) is 10.2 Å². The summed E-state index contributed by atoms with van der Waals surface area (Å²) in [5, 5.41) is 2.84. The largest absolute Gasteiger partial charge is 0.467 e. The van der Waals surface area contributed by atoms with E-state index >= 15 is 0 Å². The van der Waals surface area contributed by atoms with Crippen molar-refractivity contribution in [3.63, 3.8) is 0 Å². The second-order valence-corrected chi connectivity index (χ2v) is 7.56. The van der Waals surface area contributed by atoms with E-state index in [4.69, 9.17) is 4.74 Å². The molecule has 0 unspecified atom stereocenters. The van der Waals surface area contributed by atoms with E-state index in [9.17, 15) is 19.2 Å². The molecule has 1 aromatic carbocycles. The van der Waals surface area contributed by atoms with Crippen molar-refractivity contribution in [2.45, 2.75) is 56.5 Å². The van der Waals surface area contributed by atoms with Gasteiger partial charge in [0.2, 0.25) is 0 Å². The van der Waals surface area contributed by atoms with E-state index in [1.165, 1.54) is 30.2 Å². The summed E-state index contributed by atoms with van der Waals surface area (Å²) in [6, 6.07) is 4.50. The zero-order valence-corrected chi connectivity index (χ0v) is 15.2. The molecule has 1 aromatic rings. The smallest absolute Gasteiger partial charge is 0.331 e. The summed E-state index contributed by atoms with van der Waals surface area (Å²) in [4.78, 5) is 51.4. The van der Waals surface area contributed by atoms with E-state index in [0.29, 0.717) is 18.4 Å². The number of imide groups is 1. The molecule has 27 heavy (non-hydrogen) atoms. The van der Waals surface area contributed by atoms with Crippen molar-refractivity contribution < 1.29 is 23.9 Å². The summed E-state index contributed by atoms with van der Waals surface area (Å²) >= 11 is 0. The summed E-state index contributed by atoms with van der Waals surface area (Å²) in [6.07, 6.45) is 5.42. The molecule has 1 heterocycles. The summed E-state index contributed by atoms with van der Waals surface area (Å²) in [5.74, 6) is -1.51. The normalized spacial score (nSPS) is 21.0. The van der Waals surface area contributed by atoms with Gasteiger partial charge in [-0.1, -0.05) is 19.3 Å². The van der Waals surface area contributed by atoms with Crippen LogP contribution in [0.15, 0.2) is 18.2 Å². The predicted molar refractivity (Wildman–Crippen MR) is 95.3 cm³/mol. The lowest BCUT2D eigenvalue weighted by molar-refractivity contribution is -0.149. The van der Waals surface area contributed by atoms with Crippen molar-refractivity contribution in [3.8, 4) is 0 Å². The van der Waals surface area contributed by atoms with Crippen molar-refractivity contribution in [2.24, 2.45) is 0 Å². The van der Waals surface area contributed by atoms with Gasteiger partial charge in [0.25, 0.3) is 17.7 Å². The molecule has 0 spiro atoms. The number of ether oxygens (including phenoxy) is 1. The van der Waals surface area contributed by atoms with Gasteiger partial charge >= 0.3 is 5.97 Å². The predicted octanol–water partition coefficient (Wildman–Crippen LogP) is 2.05. The van der Waals surface area contributed by atoms with E-state index in [-0.39, 0.29) is 29.0 Å². The number of fused-ring (bicyclic) bond motifs is 1. The molecule has 7 nitrogen and oxygen atoms in total. The zero-order valence-electron chi connectivity index (χ0n) is 15.2. The molecule has 7 heteroatoms. The fourth-order valence-electron chi connectivity index (χ4n) is 4.09. The lowest BCUT2D eigenvalue weighted by atomic mass is 9.81. The Balaban J connectivity index is 1.59. The van der Waals surface area contributed by atoms with Gasteiger partial charge in [0, 0.05) is 11.6 Å². The van der Waals surface area contributed by atoms with Gasteiger partial charge in [-0.05, 0) is 43.9 Å². The first-order valence-electron chi connectivity index (χ1n) is 9.40. The van der Waals surface area contributed by atoms with E-state index in [1.807, 2.05) is 0 Å². The highest BCUT2D eigenvalue weighted by molar-refractivity contribution is 6.22. The average Bonchev–Trinajstić information content (AvgIpc) is 3.48. The first kappa shape index (κ1) is 17.7. The van der Waals surface area contributed by atoms with Crippen LogP contribution in [0.2, 0.25) is 0 Å². The second-order valence-electron chi connectivity index (χ2n) is 7.56. The average molecular weight is 370 g/mol. The Morgan fingerprint density at radius 1 is 1.07 bits per heavy atom. The number of carbonyl (C=O) groups excluding carboxylic acids is 4. The number of methoxy groups -OCH3 is 1. The third kappa shape index (κ3) is 2.91. The fourth-order valence-corrected chi connectivity index (χ4v) is 4.09. The minimum atomic E-state index is -1.02. The molecule has 2 aliphatic carbocycles. The molecular weight excluding hydrogens is 348 g/mol. The van der Waals surface area contributed by atoms with E-state index in [1.54, 1.807) is 0 Å². The van der Waals surface area contributed by atoms with Gasteiger partial charge in [-0.3, -0.25) is 19.3 Å². The minimum absolute atomic E-state index is 0.0143. The highest BCUT2D eigenvalue weighted by Gasteiger charge is 2.45. The van der Waals surface area contributed by atoms with Crippen LogP contribution in [-0.2, 0) is 9.53 Å². The molecular formula is C20H22N2O5. The summed E-state index contributed by atoms with van der Waals surface area (Å²) in [6.45, 7) is 0. The van der Waals surface area contributed by atoms with Crippen molar-refractivity contribution in [1.29, 1.82) is 0 Å². The number of hydrogen-bond acceptors (Lipinski definition) is 5. The van der Waals surface area contributed by atoms with Crippen LogP contribution in [0.3, 0.4) is 0 Å². The molecule has 0 radical (unpaired) electrons. The molecule has 0 bridgehead atoms. The number of rotatable bonds is 4. The Morgan fingerprint density at radius 3 is 2.37 bits per heavy atom. The Labute approximate surface area is 157 Å². The molecule has 1 aliphatic heterocycles. The lowest BCUT2D eigenvalue weighted by Crippen LogP contribution is -2.56. The van der Waals surface area contributed by atoms with Crippen LogP contribution in [0.4, 0.5) is 0 Å². The van der Waals surface area contributed by atoms with E-state index in [2.05, 4.69) is 5.32 Å². The van der Waals surface area contributed by atoms with E-state index in [0.717, 1.165) is 32.1 Å². The maximum Gasteiger partial charge on any atom is 0.331 e. The van der Waals surface area contributed by atoms with Gasteiger partial charge in [-0.15, -0.1) is 0 Å². The molecule has 3 aliphatic rings. The standard InChI is InChI=1S/C20H22N2O5/c1-27-19(26)20(9-3-2-4-10-20)21-16(23)12-5-8-14-15(11-12)18(25)22(17(14)24)13-6-7-13/h5,8,11,13H,2-4,6-7,9-10H2,1H3,(H,21,23). The first-order chi connectivity index (χ1) is 13.0. The highest BCUT2D eigenvalue weighted by Crippen LogP contribution is 2.35. The first-order valence-corrected chi connectivity index (χ1v) is 9.40. The third-order valence-corrected chi connectivity index (χ3v) is 5.73. The van der Waals surface area contributed by atoms with Crippen LogP contribution in [0.1, 0.15) is 76.0 Å². The van der Waals surface area contributed by atoms with Gasteiger partial charge in [0.1, 0.15) is 5.54 Å². The number of benzene rings is 1. The Hall–Kier alpha value is -2.70. The zero-order chi connectivity index (χ0) is 19.2. The molecule has 0 saturated heterocycles. The fraction of sp³-hybridized carbons (Fsp3) is 0.500. The van der Waals surface area contributed by atoms with Crippen LogP contribution in [0, 0.1) is 0 Å². The van der Waals surface area contributed by atoms with Gasteiger partial charge < -0.3 is 10.1 Å². The Kier molecular flexibility index (Phi) is 4.25. The minimum Gasteiger partial charge on any atom is -0.467 e. The molecule has 142 valence electrons. The molecule has 3 amide bonds. The maximum absolute atomic E-state index is 12.8. The second kappa shape index (κ2) is 6.48. The summed E-state index contributed by atoms with van der Waals surface area (Å²) in [5.41, 5.74) is -0.163. The monoisotopic (exact) mass is 370 g/mol. The molecule has 2 saturated carbocycles. The summed E-state index contributed by atoms with van der Waals surface area (Å²) in [7, 11) is 1.32. The van der Waals surface area contributed by atoms with Gasteiger partial charge in [0.05, 0.1) is 18.2 Å².